The average molecular weight is 581 g/mol. The number of hydroxylamine groups is 1. The Labute approximate surface area is 245 Å². The van der Waals surface area contributed by atoms with E-state index < -0.39 is 10.0 Å². The van der Waals surface area contributed by atoms with E-state index in [0.717, 1.165) is 21.6 Å². The van der Waals surface area contributed by atoms with Crippen molar-refractivity contribution in [1.82, 2.24) is 10.2 Å². The summed E-state index contributed by atoms with van der Waals surface area (Å²) in [6, 6.07) is 15.0. The molecule has 1 aliphatic rings. The summed E-state index contributed by atoms with van der Waals surface area (Å²) in [5.41, 5.74) is 3.06. The van der Waals surface area contributed by atoms with E-state index in [0.29, 0.717) is 27.9 Å². The first-order valence-electron chi connectivity index (χ1n) is 9.62. The van der Waals surface area contributed by atoms with Crippen molar-refractivity contribution in [3.8, 4) is 0 Å². The van der Waals surface area contributed by atoms with Crippen LogP contribution in [0, 0.1) is 5.21 Å². The third kappa shape index (κ3) is 8.49. The first kappa shape index (κ1) is 31.9. The molecule has 4 N–H and O–H groups in total. The zero-order valence-electron chi connectivity index (χ0n) is 19.4. The number of primary sulfonamides is 1. The van der Waals surface area contributed by atoms with Gasteiger partial charge in [0.25, 0.3) is 10.0 Å². The van der Waals surface area contributed by atoms with E-state index in [-0.39, 0.29) is 63.9 Å². The minimum absolute atomic E-state index is 0. The van der Waals surface area contributed by atoms with Crippen LogP contribution in [0.15, 0.2) is 57.9 Å². The number of sulfonamides is 1. The standard InChI is InChI=1S/C16H14ClN3O.C4H6N4O3S2.ClH.Na/c1-18-15-10-20(21)16(11-5-3-2-4-6-11)13-9-12(17)7-8-14(13)19-15;1-2(9)6-3-7-8-4(12-3)13(5,10)11;;/h2-9H,10H2,1H3,(H,18,19);1H3,(H2,5,10,11)(H,6,7,9);1H;/q;;;+1. The van der Waals surface area contributed by atoms with E-state index in [4.69, 9.17) is 16.7 Å². The van der Waals surface area contributed by atoms with Crippen molar-refractivity contribution in [3.05, 3.63) is 69.9 Å². The molecule has 0 saturated heterocycles. The van der Waals surface area contributed by atoms with Crippen molar-refractivity contribution < 1.29 is 47.5 Å². The number of carbonyl (C=O) groups is 1. The van der Waals surface area contributed by atoms with Gasteiger partial charge in [-0.2, -0.15) is 4.74 Å². The SMILES string of the molecule is CC(=O)Nc1nnc(S(N)(=O)=O)s1.CN=C1C[N+]([O-])=C(c2ccccc2)c2cc(Cl)ccc2N1.Cl.[Na+]. The molecule has 186 valence electrons. The van der Waals surface area contributed by atoms with Gasteiger partial charge in [-0.15, -0.1) is 22.6 Å². The first-order chi connectivity index (χ1) is 16.1. The number of halogens is 2. The van der Waals surface area contributed by atoms with Gasteiger partial charge in [0.1, 0.15) is 0 Å². The van der Waals surface area contributed by atoms with E-state index in [1.165, 1.54) is 6.92 Å². The van der Waals surface area contributed by atoms with Gasteiger partial charge >= 0.3 is 29.6 Å². The van der Waals surface area contributed by atoms with Gasteiger partial charge in [0.05, 0.1) is 11.3 Å². The quantitative estimate of drug-likeness (QED) is 0.166. The van der Waals surface area contributed by atoms with Crippen LogP contribution in [0.2, 0.25) is 5.02 Å². The zero-order valence-corrected chi connectivity index (χ0v) is 24.6. The second kappa shape index (κ2) is 14.0. The van der Waals surface area contributed by atoms with E-state index in [1.54, 1.807) is 19.2 Å². The average Bonchev–Trinajstić information content (AvgIpc) is 3.19. The number of fused-ring (bicyclic) bond motifs is 1. The summed E-state index contributed by atoms with van der Waals surface area (Å²) in [6.07, 6.45) is 0. The van der Waals surface area contributed by atoms with Gasteiger partial charge in [-0.25, -0.2) is 13.6 Å². The molecule has 4 rings (SSSR count). The van der Waals surface area contributed by atoms with Crippen LogP contribution < -0.4 is 45.3 Å². The number of hydrogen-bond acceptors (Lipinski definition) is 8. The number of benzene rings is 2. The van der Waals surface area contributed by atoms with Crippen molar-refractivity contribution in [2.75, 3.05) is 24.2 Å². The predicted octanol–water partition coefficient (Wildman–Crippen LogP) is -0.289. The number of rotatable bonds is 3. The van der Waals surface area contributed by atoms with Gasteiger partial charge in [0.2, 0.25) is 27.6 Å². The number of nitrogens with one attached hydrogen (secondary N) is 2. The topological polar surface area (TPSA) is 166 Å². The fraction of sp³-hybridized carbons (Fsp3) is 0.150. The van der Waals surface area contributed by atoms with Crippen LogP contribution >= 0.6 is 35.3 Å². The second-order valence-electron chi connectivity index (χ2n) is 6.84. The van der Waals surface area contributed by atoms with Crippen molar-refractivity contribution >= 4 is 73.6 Å². The van der Waals surface area contributed by atoms with Gasteiger partial charge in [-0.1, -0.05) is 41.1 Å². The summed E-state index contributed by atoms with van der Waals surface area (Å²) in [7, 11) is -2.16. The minimum atomic E-state index is -3.82. The second-order valence-corrected chi connectivity index (χ2v) is 9.98. The molecule has 0 spiro atoms. The summed E-state index contributed by atoms with van der Waals surface area (Å²) in [5.74, 6) is 0.275. The molecule has 16 heteroatoms. The Balaban J connectivity index is 0.000000378. The maximum absolute atomic E-state index is 12.6. The molecule has 1 aliphatic heterocycles. The molecule has 1 aromatic heterocycles. The number of hydrogen-bond donors (Lipinski definition) is 3. The van der Waals surface area contributed by atoms with Crippen molar-refractivity contribution in [1.29, 1.82) is 0 Å². The molecule has 36 heavy (non-hydrogen) atoms. The molecule has 0 saturated carbocycles. The number of aromatic nitrogens is 2. The van der Waals surface area contributed by atoms with Crippen LogP contribution in [-0.2, 0) is 14.8 Å². The number of nitrogens with two attached hydrogens (primary N) is 1. The summed E-state index contributed by atoms with van der Waals surface area (Å²) in [5, 5.41) is 30.2. The van der Waals surface area contributed by atoms with Crippen molar-refractivity contribution in [2.45, 2.75) is 11.3 Å². The molecule has 0 fully saturated rings. The molecule has 2 heterocycles. The van der Waals surface area contributed by atoms with Gasteiger partial charge in [0.15, 0.2) is 5.84 Å². The maximum Gasteiger partial charge on any atom is 1.00 e. The van der Waals surface area contributed by atoms with E-state index in [9.17, 15) is 18.4 Å². The van der Waals surface area contributed by atoms with Gasteiger partial charge < -0.3 is 15.8 Å². The number of benzodiazepines with no additional fused rings is 1. The molecule has 0 unspecified atom stereocenters. The Morgan fingerprint density at radius 3 is 2.47 bits per heavy atom. The first-order valence-corrected chi connectivity index (χ1v) is 12.4. The largest absolute Gasteiger partial charge is 1.00 e. The molecular weight excluding hydrogens is 560 g/mol. The Kier molecular flexibility index (Phi) is 12.4. The summed E-state index contributed by atoms with van der Waals surface area (Å²) in [6.45, 7) is 1.45. The molecule has 2 aromatic carbocycles. The van der Waals surface area contributed by atoms with Crippen LogP contribution in [0.4, 0.5) is 10.8 Å². The van der Waals surface area contributed by atoms with E-state index >= 15 is 0 Å². The summed E-state index contributed by atoms with van der Waals surface area (Å²) < 4.78 is 22.0. The Morgan fingerprint density at radius 2 is 1.92 bits per heavy atom. The van der Waals surface area contributed by atoms with E-state index in [1.807, 2.05) is 36.4 Å². The van der Waals surface area contributed by atoms with Gasteiger partial charge in [-0.05, 0) is 30.3 Å². The number of aliphatic imine (C=N–C) groups is 1. The minimum Gasteiger partial charge on any atom is -0.623 e. The van der Waals surface area contributed by atoms with Crippen LogP contribution in [0.1, 0.15) is 18.1 Å². The monoisotopic (exact) mass is 580 g/mol. The van der Waals surface area contributed by atoms with Crippen LogP contribution in [0.25, 0.3) is 0 Å². The Bertz CT molecular complexity index is 1380. The van der Waals surface area contributed by atoms with Crippen LogP contribution in [0.5, 0.6) is 0 Å². The molecule has 1 amide bonds. The third-order valence-corrected chi connectivity index (χ3v) is 6.69. The zero-order chi connectivity index (χ0) is 24.9. The fourth-order valence-electron chi connectivity index (χ4n) is 2.91. The summed E-state index contributed by atoms with van der Waals surface area (Å²) in [4.78, 5) is 14.6. The van der Waals surface area contributed by atoms with E-state index in [2.05, 4.69) is 25.8 Å². The number of amidine groups is 1. The molecule has 0 aliphatic carbocycles. The third-order valence-electron chi connectivity index (χ3n) is 4.31. The Morgan fingerprint density at radius 1 is 1.25 bits per heavy atom. The van der Waals surface area contributed by atoms with Crippen molar-refractivity contribution in [2.24, 2.45) is 10.1 Å². The maximum atomic E-state index is 12.6. The fourth-order valence-corrected chi connectivity index (χ4v) is 4.47. The molecule has 3 aromatic rings. The molecule has 0 bridgehead atoms. The molecular formula is C20H21Cl2N7NaO4S2+. The Hall–Kier alpha value is -2.10. The van der Waals surface area contributed by atoms with Gasteiger partial charge in [-0.3, -0.25) is 9.79 Å². The number of carbonyl (C=O) groups excluding carboxylic acids is 1. The van der Waals surface area contributed by atoms with Crippen LogP contribution in [0.3, 0.4) is 0 Å². The van der Waals surface area contributed by atoms with Crippen molar-refractivity contribution in [3.63, 3.8) is 0 Å². The number of amides is 1. The predicted molar refractivity (Wildman–Crippen MR) is 139 cm³/mol. The molecule has 0 radical (unpaired) electrons. The van der Waals surface area contributed by atoms with Gasteiger partial charge in [0, 0.05) is 24.6 Å². The number of nitrogens with zero attached hydrogens (tertiary/aromatic N) is 4. The normalized spacial score (nSPS) is 13.6. The smallest absolute Gasteiger partial charge is 0.623 e. The molecule has 11 nitrogen and oxygen atoms in total. The summed E-state index contributed by atoms with van der Waals surface area (Å²) >= 11 is 6.81. The van der Waals surface area contributed by atoms with Crippen LogP contribution in [-0.4, -0.2) is 54.4 Å². The molecule has 0 atom stereocenters. The number of anilines is 2.